The van der Waals surface area contributed by atoms with Crippen molar-refractivity contribution in [3.05, 3.63) is 76.7 Å². The molecule has 4 rings (SSSR count). The first-order valence-corrected chi connectivity index (χ1v) is 11.5. The van der Waals surface area contributed by atoms with Gasteiger partial charge in [-0.2, -0.15) is 0 Å². The van der Waals surface area contributed by atoms with Crippen LogP contribution in [-0.2, 0) is 22.4 Å². The Kier molecular flexibility index (Phi) is 6.92. The van der Waals surface area contributed by atoms with Crippen LogP contribution in [-0.4, -0.2) is 41.5 Å². The zero-order valence-electron chi connectivity index (χ0n) is 19.6. The molecule has 1 N–H and O–H groups in total. The lowest BCUT2D eigenvalue weighted by Gasteiger charge is -2.23. The molecule has 6 heteroatoms. The van der Waals surface area contributed by atoms with E-state index in [0.29, 0.717) is 38.9 Å². The van der Waals surface area contributed by atoms with E-state index in [0.717, 1.165) is 28.1 Å². The Morgan fingerprint density at radius 2 is 1.91 bits per heavy atom. The quantitative estimate of drug-likeness (QED) is 0.622. The van der Waals surface area contributed by atoms with E-state index in [1.807, 2.05) is 18.7 Å². The average Bonchev–Trinajstić information content (AvgIpc) is 3.01. The number of amides is 2. The fourth-order valence-corrected chi connectivity index (χ4v) is 4.47. The Labute approximate surface area is 195 Å². The third-order valence-corrected chi connectivity index (χ3v) is 6.40. The number of hydrogen-bond acceptors (Lipinski definition) is 4. The number of aryl methyl sites for hydroxylation is 3. The Bertz CT molecular complexity index is 1110. The number of benzene rings is 2. The zero-order chi connectivity index (χ0) is 23.4. The molecule has 6 nitrogen and oxygen atoms in total. The second kappa shape index (κ2) is 10.0. The molecule has 33 heavy (non-hydrogen) atoms. The summed E-state index contributed by atoms with van der Waals surface area (Å²) in [5.41, 5.74) is 6.49. The molecule has 2 heterocycles. The van der Waals surface area contributed by atoms with Crippen LogP contribution in [0.2, 0.25) is 0 Å². The van der Waals surface area contributed by atoms with Gasteiger partial charge in [0.2, 0.25) is 11.8 Å². The molecule has 0 spiro atoms. The van der Waals surface area contributed by atoms with E-state index < -0.39 is 0 Å². The number of carbonyl (C=O) groups excluding carboxylic acids is 2. The topological polar surface area (TPSA) is 75.4 Å². The molecule has 0 aliphatic carbocycles. The Morgan fingerprint density at radius 1 is 1.12 bits per heavy atom. The van der Waals surface area contributed by atoms with E-state index in [9.17, 15) is 9.59 Å². The van der Waals surface area contributed by atoms with Gasteiger partial charge in [-0.1, -0.05) is 59.3 Å². The minimum atomic E-state index is -0.264. The van der Waals surface area contributed by atoms with Crippen LogP contribution >= 0.6 is 0 Å². The van der Waals surface area contributed by atoms with Gasteiger partial charge in [-0.3, -0.25) is 9.59 Å². The van der Waals surface area contributed by atoms with Gasteiger partial charge in [0.1, 0.15) is 5.76 Å². The van der Waals surface area contributed by atoms with Crippen molar-refractivity contribution in [2.75, 3.05) is 19.6 Å². The van der Waals surface area contributed by atoms with Crippen LogP contribution in [0.3, 0.4) is 0 Å². The fraction of sp³-hybridized carbons (Fsp3) is 0.370. The predicted molar refractivity (Wildman–Crippen MR) is 128 cm³/mol. The van der Waals surface area contributed by atoms with Gasteiger partial charge in [0.05, 0.1) is 11.6 Å². The van der Waals surface area contributed by atoms with Crippen molar-refractivity contribution < 1.29 is 14.1 Å². The number of aromatic nitrogens is 1. The van der Waals surface area contributed by atoms with E-state index >= 15 is 0 Å². The van der Waals surface area contributed by atoms with Gasteiger partial charge in [-0.05, 0) is 50.3 Å². The van der Waals surface area contributed by atoms with Crippen LogP contribution in [0, 0.1) is 26.7 Å². The minimum Gasteiger partial charge on any atom is -0.361 e. The summed E-state index contributed by atoms with van der Waals surface area (Å²) < 4.78 is 5.20. The third kappa shape index (κ3) is 5.51. The Balaban J connectivity index is 1.40. The van der Waals surface area contributed by atoms with Gasteiger partial charge < -0.3 is 14.7 Å². The molecular weight excluding hydrogens is 414 g/mol. The van der Waals surface area contributed by atoms with Crippen molar-refractivity contribution in [3.63, 3.8) is 0 Å². The minimum absolute atomic E-state index is 0.0128. The molecule has 0 bridgehead atoms. The Hall–Kier alpha value is -3.41. The van der Waals surface area contributed by atoms with Gasteiger partial charge in [0.15, 0.2) is 0 Å². The predicted octanol–water partition coefficient (Wildman–Crippen LogP) is 4.02. The average molecular weight is 446 g/mol. The second-order valence-corrected chi connectivity index (χ2v) is 8.90. The van der Waals surface area contributed by atoms with Crippen LogP contribution in [0.25, 0.3) is 11.1 Å². The molecule has 1 fully saturated rings. The molecule has 1 atom stereocenters. The van der Waals surface area contributed by atoms with Crippen molar-refractivity contribution in [2.45, 2.75) is 40.0 Å². The maximum atomic E-state index is 12.9. The first-order valence-electron chi connectivity index (χ1n) is 11.5. The van der Waals surface area contributed by atoms with E-state index in [1.54, 1.807) is 0 Å². The highest BCUT2D eigenvalue weighted by molar-refractivity contribution is 5.82. The smallest absolute Gasteiger partial charge is 0.225 e. The normalized spacial score (nSPS) is 16.4. The van der Waals surface area contributed by atoms with Crippen molar-refractivity contribution in [2.24, 2.45) is 5.92 Å². The number of nitrogens with one attached hydrogen (secondary N) is 1. The molecule has 2 amide bonds. The molecule has 3 aromatic rings. The zero-order valence-corrected chi connectivity index (χ0v) is 19.6. The second-order valence-electron chi connectivity index (χ2n) is 8.90. The van der Waals surface area contributed by atoms with Crippen molar-refractivity contribution in [1.29, 1.82) is 0 Å². The van der Waals surface area contributed by atoms with Gasteiger partial charge in [0.25, 0.3) is 0 Å². The van der Waals surface area contributed by atoms with Crippen LogP contribution in [0.15, 0.2) is 53.1 Å². The summed E-state index contributed by atoms with van der Waals surface area (Å²) in [4.78, 5) is 27.4. The highest BCUT2D eigenvalue weighted by Crippen LogP contribution is 2.23. The lowest BCUT2D eigenvalue weighted by atomic mass is 9.95. The molecule has 1 aliphatic rings. The monoisotopic (exact) mass is 445 g/mol. The SMILES string of the molecule is Cc1cccc(-c2ccc(C[C@H]3CN(C(=O)CCc4c(C)noc4C)CCNC3=O)cc2)c1. The van der Waals surface area contributed by atoms with Crippen LogP contribution < -0.4 is 5.32 Å². The molecule has 1 aliphatic heterocycles. The largest absolute Gasteiger partial charge is 0.361 e. The molecule has 0 unspecified atom stereocenters. The molecular formula is C27H31N3O3. The molecule has 0 radical (unpaired) electrons. The Morgan fingerprint density at radius 3 is 2.61 bits per heavy atom. The molecule has 1 aromatic heterocycles. The lowest BCUT2D eigenvalue weighted by molar-refractivity contribution is -0.132. The summed E-state index contributed by atoms with van der Waals surface area (Å²) in [7, 11) is 0. The molecule has 172 valence electrons. The molecule has 2 aromatic carbocycles. The van der Waals surface area contributed by atoms with E-state index in [2.05, 4.69) is 65.9 Å². The van der Waals surface area contributed by atoms with Crippen LogP contribution in [0.5, 0.6) is 0 Å². The maximum Gasteiger partial charge on any atom is 0.225 e. The van der Waals surface area contributed by atoms with Crippen molar-refractivity contribution >= 4 is 11.8 Å². The summed E-state index contributed by atoms with van der Waals surface area (Å²) >= 11 is 0. The molecule has 0 saturated carbocycles. The van der Waals surface area contributed by atoms with Gasteiger partial charge in [-0.25, -0.2) is 0 Å². The summed E-state index contributed by atoms with van der Waals surface area (Å²) in [6, 6.07) is 16.8. The van der Waals surface area contributed by atoms with Gasteiger partial charge in [-0.15, -0.1) is 0 Å². The van der Waals surface area contributed by atoms with Gasteiger partial charge in [0, 0.05) is 31.6 Å². The number of rotatable bonds is 6. The fourth-order valence-electron chi connectivity index (χ4n) is 4.47. The maximum absolute atomic E-state index is 12.9. The summed E-state index contributed by atoms with van der Waals surface area (Å²) in [5, 5.41) is 6.94. The number of nitrogens with zero attached hydrogens (tertiary/aromatic N) is 2. The number of hydrogen-bond donors (Lipinski definition) is 1. The summed E-state index contributed by atoms with van der Waals surface area (Å²) in [5.74, 6) is 0.574. The van der Waals surface area contributed by atoms with Crippen LogP contribution in [0.4, 0.5) is 0 Å². The lowest BCUT2D eigenvalue weighted by Crippen LogP contribution is -2.37. The first kappa shape index (κ1) is 22.8. The van der Waals surface area contributed by atoms with Crippen LogP contribution in [0.1, 0.15) is 34.6 Å². The van der Waals surface area contributed by atoms with E-state index in [4.69, 9.17) is 4.52 Å². The van der Waals surface area contributed by atoms with Crippen molar-refractivity contribution in [3.8, 4) is 11.1 Å². The highest BCUT2D eigenvalue weighted by Gasteiger charge is 2.28. The number of carbonyl (C=O) groups is 2. The summed E-state index contributed by atoms with van der Waals surface area (Å²) in [6.45, 7) is 7.31. The van der Waals surface area contributed by atoms with E-state index in [1.165, 1.54) is 11.1 Å². The van der Waals surface area contributed by atoms with E-state index in [-0.39, 0.29) is 17.7 Å². The summed E-state index contributed by atoms with van der Waals surface area (Å²) in [6.07, 6.45) is 1.59. The van der Waals surface area contributed by atoms with Crippen molar-refractivity contribution in [1.82, 2.24) is 15.4 Å². The molecule has 1 saturated heterocycles. The van der Waals surface area contributed by atoms with Gasteiger partial charge >= 0.3 is 0 Å². The first-order chi connectivity index (χ1) is 15.9. The third-order valence-electron chi connectivity index (χ3n) is 6.40. The standard InChI is InChI=1S/C27H31N3O3/c1-18-5-4-6-23(15-18)22-9-7-21(8-10-22)16-24-17-30(14-13-28-27(24)32)26(31)12-11-25-19(2)29-33-20(25)3/h4-10,15,24H,11-14,16-17H2,1-3H3,(H,28,32)/t24-/m0/s1. The highest BCUT2D eigenvalue weighted by atomic mass is 16.5.